The number of benzene rings is 1. The highest BCUT2D eigenvalue weighted by molar-refractivity contribution is 7.21. The van der Waals surface area contributed by atoms with Gasteiger partial charge in [-0.15, -0.1) is 22.7 Å². The first-order valence-corrected chi connectivity index (χ1v) is 9.22. The Hall–Kier alpha value is -2.84. The van der Waals surface area contributed by atoms with E-state index in [0.29, 0.717) is 10.2 Å². The number of nitrogens with two attached hydrogens (primary N) is 1. The number of anilines is 2. The monoisotopic (exact) mass is 387 g/mol. The van der Waals surface area contributed by atoms with Crippen molar-refractivity contribution in [2.45, 2.75) is 0 Å². The molecule has 3 N–H and O–H groups in total. The van der Waals surface area contributed by atoms with Crippen LogP contribution in [0.2, 0.25) is 0 Å². The van der Waals surface area contributed by atoms with Crippen LogP contribution in [0.5, 0.6) is 0 Å². The zero-order chi connectivity index (χ0) is 18.3. The minimum Gasteiger partial charge on any atom is -0.397 e. The van der Waals surface area contributed by atoms with Crippen molar-refractivity contribution < 1.29 is 13.6 Å². The minimum absolute atomic E-state index is 0.208. The second kappa shape index (κ2) is 6.47. The quantitative estimate of drug-likeness (QED) is 0.512. The molecule has 0 aliphatic rings. The van der Waals surface area contributed by atoms with E-state index in [2.05, 4.69) is 10.3 Å². The molecule has 0 fully saturated rings. The van der Waals surface area contributed by atoms with Crippen molar-refractivity contribution in [3.8, 4) is 10.6 Å². The predicted octanol–water partition coefficient (Wildman–Crippen LogP) is 5.14. The van der Waals surface area contributed by atoms with Gasteiger partial charge in [0.25, 0.3) is 5.91 Å². The molecular formula is C18H11F2N3OS2. The van der Waals surface area contributed by atoms with E-state index in [1.807, 2.05) is 29.6 Å². The van der Waals surface area contributed by atoms with Gasteiger partial charge >= 0.3 is 0 Å². The van der Waals surface area contributed by atoms with E-state index in [0.717, 1.165) is 40.1 Å². The fourth-order valence-corrected chi connectivity index (χ4v) is 4.18. The van der Waals surface area contributed by atoms with E-state index in [9.17, 15) is 13.6 Å². The topological polar surface area (TPSA) is 68.0 Å². The number of pyridine rings is 1. The summed E-state index contributed by atoms with van der Waals surface area (Å²) in [6.45, 7) is 0. The van der Waals surface area contributed by atoms with Gasteiger partial charge in [-0.3, -0.25) is 4.79 Å². The summed E-state index contributed by atoms with van der Waals surface area (Å²) in [5.41, 5.74) is 6.89. The molecule has 3 aromatic heterocycles. The number of hydrogen-bond donors (Lipinski definition) is 2. The van der Waals surface area contributed by atoms with Gasteiger partial charge in [0.2, 0.25) is 0 Å². The molecule has 0 atom stereocenters. The number of aromatic nitrogens is 1. The molecule has 0 saturated heterocycles. The Morgan fingerprint density at radius 3 is 2.77 bits per heavy atom. The molecule has 1 aromatic carbocycles. The van der Waals surface area contributed by atoms with E-state index in [1.165, 1.54) is 0 Å². The van der Waals surface area contributed by atoms with Crippen LogP contribution in [0, 0.1) is 11.6 Å². The van der Waals surface area contributed by atoms with Crippen molar-refractivity contribution in [3.63, 3.8) is 0 Å². The number of rotatable bonds is 3. The number of halogens is 2. The van der Waals surface area contributed by atoms with Gasteiger partial charge in [-0.05, 0) is 35.7 Å². The molecule has 0 aliphatic heterocycles. The second-order valence-corrected chi connectivity index (χ2v) is 7.40. The Morgan fingerprint density at radius 2 is 2.00 bits per heavy atom. The van der Waals surface area contributed by atoms with Crippen LogP contribution in [0.25, 0.3) is 20.8 Å². The molecule has 3 heterocycles. The highest BCUT2D eigenvalue weighted by Gasteiger charge is 2.19. The van der Waals surface area contributed by atoms with Crippen LogP contribution < -0.4 is 11.1 Å². The molecule has 1 amide bonds. The summed E-state index contributed by atoms with van der Waals surface area (Å²) < 4.78 is 27.0. The minimum atomic E-state index is -0.725. The first-order chi connectivity index (χ1) is 12.5. The highest BCUT2D eigenvalue weighted by Crippen LogP contribution is 2.35. The van der Waals surface area contributed by atoms with Crippen molar-refractivity contribution in [2.24, 2.45) is 0 Å². The molecule has 4 aromatic rings. The number of fused-ring (bicyclic) bond motifs is 1. The molecule has 26 heavy (non-hydrogen) atoms. The van der Waals surface area contributed by atoms with E-state index in [4.69, 9.17) is 5.73 Å². The van der Waals surface area contributed by atoms with Crippen molar-refractivity contribution >= 4 is 50.2 Å². The fraction of sp³-hybridized carbons (Fsp3) is 0. The summed E-state index contributed by atoms with van der Waals surface area (Å²) in [5, 5.41) is 4.97. The summed E-state index contributed by atoms with van der Waals surface area (Å²) in [4.78, 5) is 18.9. The molecule has 130 valence electrons. The van der Waals surface area contributed by atoms with Crippen molar-refractivity contribution in [2.75, 3.05) is 11.1 Å². The SMILES string of the molecule is Nc1c(C(=O)Nc2cc(F)ccc2F)sc2nc(-c3cccs3)ccc12. The highest BCUT2D eigenvalue weighted by atomic mass is 32.1. The smallest absolute Gasteiger partial charge is 0.268 e. The van der Waals surface area contributed by atoms with Crippen LogP contribution in [-0.2, 0) is 0 Å². The number of hydrogen-bond acceptors (Lipinski definition) is 5. The third kappa shape index (κ3) is 2.93. The Bertz CT molecular complexity index is 1120. The summed E-state index contributed by atoms with van der Waals surface area (Å²) in [6, 6.07) is 10.4. The van der Waals surface area contributed by atoms with E-state index < -0.39 is 17.5 Å². The normalized spacial score (nSPS) is 11.0. The van der Waals surface area contributed by atoms with Gasteiger partial charge in [0.15, 0.2) is 0 Å². The lowest BCUT2D eigenvalue weighted by molar-refractivity contribution is 0.103. The summed E-state index contributed by atoms with van der Waals surface area (Å²) >= 11 is 2.67. The predicted molar refractivity (Wildman–Crippen MR) is 102 cm³/mol. The molecule has 0 aliphatic carbocycles. The number of thiophene rings is 2. The standard InChI is InChI=1S/C18H11F2N3OS2/c19-9-3-5-11(20)13(8-9)22-17(24)16-15(21)10-4-6-12(23-18(10)26-16)14-2-1-7-25-14/h1-8H,21H2,(H,22,24). The van der Waals surface area contributed by atoms with Crippen LogP contribution >= 0.6 is 22.7 Å². The van der Waals surface area contributed by atoms with Crippen molar-refractivity contribution in [3.05, 3.63) is 64.4 Å². The number of nitrogens with zero attached hydrogens (tertiary/aromatic N) is 1. The summed E-state index contributed by atoms with van der Waals surface area (Å²) in [7, 11) is 0. The molecular weight excluding hydrogens is 376 g/mol. The first-order valence-electron chi connectivity index (χ1n) is 7.52. The molecule has 0 bridgehead atoms. The van der Waals surface area contributed by atoms with Crippen molar-refractivity contribution in [1.29, 1.82) is 0 Å². The van der Waals surface area contributed by atoms with Crippen LogP contribution in [-0.4, -0.2) is 10.9 Å². The zero-order valence-corrected chi connectivity index (χ0v) is 14.8. The maximum Gasteiger partial charge on any atom is 0.268 e. The van der Waals surface area contributed by atoms with Crippen LogP contribution in [0.1, 0.15) is 9.67 Å². The maximum atomic E-state index is 13.7. The number of amides is 1. The first kappa shape index (κ1) is 16.6. The lowest BCUT2D eigenvalue weighted by Crippen LogP contribution is -2.13. The third-order valence-electron chi connectivity index (χ3n) is 3.75. The average Bonchev–Trinajstić information content (AvgIpc) is 3.26. The van der Waals surface area contributed by atoms with Gasteiger partial charge in [0.1, 0.15) is 21.3 Å². The largest absolute Gasteiger partial charge is 0.397 e. The van der Waals surface area contributed by atoms with Crippen LogP contribution in [0.15, 0.2) is 47.8 Å². The average molecular weight is 387 g/mol. The fourth-order valence-electron chi connectivity index (χ4n) is 2.50. The molecule has 0 radical (unpaired) electrons. The molecule has 0 spiro atoms. The maximum absolute atomic E-state index is 13.7. The molecule has 8 heteroatoms. The second-order valence-electron chi connectivity index (χ2n) is 5.45. The Balaban J connectivity index is 1.71. The number of nitrogen functional groups attached to an aromatic ring is 1. The number of nitrogens with one attached hydrogen (secondary N) is 1. The van der Waals surface area contributed by atoms with Gasteiger partial charge in [-0.1, -0.05) is 6.07 Å². The Labute approximate surface area is 154 Å². The van der Waals surface area contributed by atoms with Gasteiger partial charge in [-0.2, -0.15) is 0 Å². The third-order valence-corrected chi connectivity index (χ3v) is 5.76. The van der Waals surface area contributed by atoms with Gasteiger partial charge in [0, 0.05) is 11.5 Å². The lowest BCUT2D eigenvalue weighted by atomic mass is 10.2. The summed E-state index contributed by atoms with van der Waals surface area (Å²) in [5.74, 6) is -1.97. The van der Waals surface area contributed by atoms with Gasteiger partial charge in [0.05, 0.1) is 21.9 Å². The van der Waals surface area contributed by atoms with Gasteiger partial charge < -0.3 is 11.1 Å². The zero-order valence-electron chi connectivity index (χ0n) is 13.1. The Morgan fingerprint density at radius 1 is 1.15 bits per heavy atom. The lowest BCUT2D eigenvalue weighted by Gasteiger charge is -2.05. The number of carbonyl (C=O) groups is 1. The molecule has 4 nitrogen and oxygen atoms in total. The molecule has 0 unspecified atom stereocenters. The van der Waals surface area contributed by atoms with Crippen LogP contribution in [0.4, 0.5) is 20.2 Å². The van der Waals surface area contributed by atoms with E-state index in [1.54, 1.807) is 11.3 Å². The number of carbonyl (C=O) groups excluding carboxylic acids is 1. The van der Waals surface area contributed by atoms with E-state index in [-0.39, 0.29) is 16.3 Å². The van der Waals surface area contributed by atoms with Crippen molar-refractivity contribution in [1.82, 2.24) is 4.98 Å². The molecule has 4 rings (SSSR count). The van der Waals surface area contributed by atoms with Crippen LogP contribution in [0.3, 0.4) is 0 Å². The summed E-state index contributed by atoms with van der Waals surface area (Å²) in [6.07, 6.45) is 0. The Kier molecular flexibility index (Phi) is 4.14. The van der Waals surface area contributed by atoms with E-state index >= 15 is 0 Å². The van der Waals surface area contributed by atoms with Gasteiger partial charge in [-0.25, -0.2) is 13.8 Å². The molecule has 0 saturated carbocycles.